The molecule has 0 aromatic heterocycles. The number of para-hydroxylation sites is 2. The van der Waals surface area contributed by atoms with E-state index >= 15 is 0 Å². The zero-order valence-corrected chi connectivity index (χ0v) is 12.3. The lowest BCUT2D eigenvalue weighted by Crippen LogP contribution is -2.35. The Morgan fingerprint density at radius 1 is 1.33 bits per heavy atom. The smallest absolute Gasteiger partial charge is 0.292 e. The number of nitrogens with zero attached hydrogens (tertiary/aromatic N) is 2. The van der Waals surface area contributed by atoms with Crippen LogP contribution in [0.2, 0.25) is 0 Å². The van der Waals surface area contributed by atoms with E-state index in [0.717, 1.165) is 0 Å². The molecule has 0 saturated heterocycles. The van der Waals surface area contributed by atoms with Gasteiger partial charge in [-0.3, -0.25) is 14.9 Å². The number of nitrogens with one attached hydrogen (secondary N) is 1. The number of amides is 1. The fraction of sp³-hybridized carbons (Fsp3) is 0.467. The van der Waals surface area contributed by atoms with Crippen LogP contribution in [0.3, 0.4) is 0 Å². The highest BCUT2D eigenvalue weighted by molar-refractivity contribution is 5.98. The van der Waals surface area contributed by atoms with Gasteiger partial charge in [-0.15, -0.1) is 0 Å². The highest BCUT2D eigenvalue weighted by Crippen LogP contribution is 2.32. The van der Waals surface area contributed by atoms with Gasteiger partial charge in [0.2, 0.25) is 5.91 Å². The van der Waals surface area contributed by atoms with Gasteiger partial charge in [-0.25, -0.2) is 0 Å². The summed E-state index contributed by atoms with van der Waals surface area (Å²) in [5.74, 6) is -0.469. The molecule has 1 aromatic rings. The second-order valence-electron chi connectivity index (χ2n) is 4.92. The SMILES string of the molecule is CCCC(C#N)(CCC)C(=O)Nc1ccccc1[N+](=O)[O-]. The largest absolute Gasteiger partial charge is 0.319 e. The quantitative estimate of drug-likeness (QED) is 0.612. The molecule has 1 N–H and O–H groups in total. The van der Waals surface area contributed by atoms with Crippen molar-refractivity contribution in [2.24, 2.45) is 5.41 Å². The van der Waals surface area contributed by atoms with Crippen molar-refractivity contribution in [1.29, 1.82) is 5.26 Å². The fourth-order valence-electron chi connectivity index (χ4n) is 2.35. The maximum Gasteiger partial charge on any atom is 0.292 e. The lowest BCUT2D eigenvalue weighted by atomic mass is 9.79. The molecule has 0 spiro atoms. The van der Waals surface area contributed by atoms with E-state index in [2.05, 4.69) is 11.4 Å². The van der Waals surface area contributed by atoms with Gasteiger partial charge in [-0.1, -0.05) is 38.8 Å². The van der Waals surface area contributed by atoms with Crippen molar-refractivity contribution < 1.29 is 9.72 Å². The predicted octanol–water partition coefficient (Wildman–Crippen LogP) is 3.64. The molecule has 6 heteroatoms. The number of nitriles is 1. The zero-order valence-electron chi connectivity index (χ0n) is 12.3. The van der Waals surface area contributed by atoms with E-state index in [-0.39, 0.29) is 11.4 Å². The van der Waals surface area contributed by atoms with Crippen LogP contribution in [-0.4, -0.2) is 10.8 Å². The number of carbonyl (C=O) groups excluding carboxylic acids is 1. The van der Waals surface area contributed by atoms with E-state index in [1.165, 1.54) is 18.2 Å². The number of hydrogen-bond donors (Lipinski definition) is 1. The standard InChI is InChI=1S/C15H19N3O3/c1-3-9-15(11-16,10-4-2)14(19)17-12-7-5-6-8-13(12)18(20)21/h5-8H,3-4,9-10H2,1-2H3,(H,17,19). The highest BCUT2D eigenvalue weighted by Gasteiger charge is 2.37. The molecule has 0 unspecified atom stereocenters. The molecule has 0 fully saturated rings. The van der Waals surface area contributed by atoms with Gasteiger partial charge in [0.05, 0.1) is 11.0 Å². The molecule has 0 bridgehead atoms. The van der Waals surface area contributed by atoms with Crippen molar-refractivity contribution in [2.45, 2.75) is 39.5 Å². The van der Waals surface area contributed by atoms with E-state index in [1.54, 1.807) is 6.07 Å². The van der Waals surface area contributed by atoms with Crippen molar-refractivity contribution in [1.82, 2.24) is 0 Å². The molecule has 6 nitrogen and oxygen atoms in total. The first-order valence-corrected chi connectivity index (χ1v) is 6.97. The van der Waals surface area contributed by atoms with E-state index in [9.17, 15) is 20.2 Å². The Labute approximate surface area is 123 Å². The average Bonchev–Trinajstić information content (AvgIpc) is 2.47. The maximum atomic E-state index is 12.5. The molecule has 0 radical (unpaired) electrons. The Hall–Kier alpha value is -2.42. The normalized spacial score (nSPS) is 10.7. The van der Waals surface area contributed by atoms with Gasteiger partial charge < -0.3 is 5.32 Å². The summed E-state index contributed by atoms with van der Waals surface area (Å²) >= 11 is 0. The molecule has 21 heavy (non-hydrogen) atoms. The van der Waals surface area contributed by atoms with Crippen LogP contribution in [0, 0.1) is 26.9 Å². The van der Waals surface area contributed by atoms with E-state index < -0.39 is 16.2 Å². The Balaban J connectivity index is 3.08. The van der Waals surface area contributed by atoms with Crippen LogP contribution in [0.1, 0.15) is 39.5 Å². The number of benzene rings is 1. The van der Waals surface area contributed by atoms with Crippen molar-refractivity contribution >= 4 is 17.3 Å². The molecule has 0 aliphatic rings. The van der Waals surface area contributed by atoms with E-state index in [1.807, 2.05) is 13.8 Å². The van der Waals surface area contributed by atoms with Crippen molar-refractivity contribution in [3.63, 3.8) is 0 Å². The number of rotatable bonds is 7. The second-order valence-corrected chi connectivity index (χ2v) is 4.92. The van der Waals surface area contributed by atoms with Gasteiger partial charge >= 0.3 is 0 Å². The lowest BCUT2D eigenvalue weighted by molar-refractivity contribution is -0.383. The molecule has 0 atom stereocenters. The molecule has 0 saturated carbocycles. The lowest BCUT2D eigenvalue weighted by Gasteiger charge is -2.24. The zero-order chi connectivity index (χ0) is 15.9. The molecule has 1 amide bonds. The Morgan fingerprint density at radius 3 is 2.38 bits per heavy atom. The third-order valence-corrected chi connectivity index (χ3v) is 3.35. The first-order chi connectivity index (χ1) is 10.0. The monoisotopic (exact) mass is 289 g/mol. The Kier molecular flexibility index (Phi) is 5.85. The fourth-order valence-corrected chi connectivity index (χ4v) is 2.35. The van der Waals surface area contributed by atoms with Crippen LogP contribution in [0.25, 0.3) is 0 Å². The summed E-state index contributed by atoms with van der Waals surface area (Å²) in [4.78, 5) is 22.9. The van der Waals surface area contributed by atoms with Gasteiger partial charge in [-0.2, -0.15) is 5.26 Å². The van der Waals surface area contributed by atoms with Crippen molar-refractivity contribution in [2.75, 3.05) is 5.32 Å². The minimum Gasteiger partial charge on any atom is -0.319 e. The molecule has 0 heterocycles. The third-order valence-electron chi connectivity index (χ3n) is 3.35. The molecule has 1 rings (SSSR count). The summed E-state index contributed by atoms with van der Waals surface area (Å²) < 4.78 is 0. The number of hydrogen-bond acceptors (Lipinski definition) is 4. The minimum absolute atomic E-state index is 0.124. The summed E-state index contributed by atoms with van der Waals surface area (Å²) in [5.41, 5.74) is -1.18. The first kappa shape index (κ1) is 16.6. The summed E-state index contributed by atoms with van der Waals surface area (Å²) in [7, 11) is 0. The molecule has 112 valence electrons. The van der Waals surface area contributed by atoms with Crippen molar-refractivity contribution in [3.8, 4) is 6.07 Å². The van der Waals surface area contributed by atoms with Crippen LogP contribution < -0.4 is 5.32 Å². The third kappa shape index (κ3) is 3.78. The van der Waals surface area contributed by atoms with Gasteiger partial charge in [0.1, 0.15) is 11.1 Å². The van der Waals surface area contributed by atoms with Gasteiger partial charge in [-0.05, 0) is 18.9 Å². The van der Waals surface area contributed by atoms with Crippen LogP contribution in [0.15, 0.2) is 24.3 Å². The Bertz CT molecular complexity index is 558. The summed E-state index contributed by atoms with van der Waals surface area (Å²) in [6.45, 7) is 3.81. The van der Waals surface area contributed by atoms with Gasteiger partial charge in [0, 0.05) is 6.07 Å². The van der Waals surface area contributed by atoms with E-state index in [4.69, 9.17) is 0 Å². The summed E-state index contributed by atoms with van der Waals surface area (Å²) in [6.07, 6.45) is 2.25. The average molecular weight is 289 g/mol. The number of carbonyl (C=O) groups is 1. The molecule has 0 aliphatic carbocycles. The Morgan fingerprint density at radius 2 is 1.90 bits per heavy atom. The predicted molar refractivity (Wildman–Crippen MR) is 79.6 cm³/mol. The molecular formula is C15H19N3O3. The van der Waals surface area contributed by atoms with Crippen LogP contribution >= 0.6 is 0 Å². The first-order valence-electron chi connectivity index (χ1n) is 6.97. The maximum absolute atomic E-state index is 12.5. The van der Waals surface area contributed by atoms with Crippen LogP contribution in [-0.2, 0) is 4.79 Å². The van der Waals surface area contributed by atoms with Gasteiger partial charge in [0.15, 0.2) is 0 Å². The highest BCUT2D eigenvalue weighted by atomic mass is 16.6. The minimum atomic E-state index is -1.13. The summed E-state index contributed by atoms with van der Waals surface area (Å²) in [5, 5.41) is 22.9. The topological polar surface area (TPSA) is 96.0 Å². The number of nitro benzene ring substituents is 1. The summed E-state index contributed by atoms with van der Waals surface area (Å²) in [6, 6.07) is 8.03. The van der Waals surface area contributed by atoms with Crippen LogP contribution in [0.5, 0.6) is 0 Å². The number of nitro groups is 1. The molecule has 1 aromatic carbocycles. The van der Waals surface area contributed by atoms with E-state index in [0.29, 0.717) is 25.7 Å². The second kappa shape index (κ2) is 7.39. The molecule has 0 aliphatic heterocycles. The number of anilines is 1. The van der Waals surface area contributed by atoms with Gasteiger partial charge in [0.25, 0.3) is 5.69 Å². The van der Waals surface area contributed by atoms with Crippen molar-refractivity contribution in [3.05, 3.63) is 34.4 Å². The van der Waals surface area contributed by atoms with Crippen LogP contribution in [0.4, 0.5) is 11.4 Å². The molecular weight excluding hydrogens is 270 g/mol.